The molecule has 0 atom stereocenters. The minimum atomic E-state index is 0.760. The van der Waals surface area contributed by atoms with Gasteiger partial charge < -0.3 is 0 Å². The van der Waals surface area contributed by atoms with Gasteiger partial charge in [-0.3, -0.25) is 9.88 Å². The summed E-state index contributed by atoms with van der Waals surface area (Å²) in [5.41, 5.74) is 3.54. The Kier molecular flexibility index (Phi) is 4.94. The Morgan fingerprint density at radius 3 is 2.32 bits per heavy atom. The lowest BCUT2D eigenvalue weighted by Crippen LogP contribution is -2.22. The van der Waals surface area contributed by atoms with Gasteiger partial charge in [0, 0.05) is 29.5 Å². The molecule has 1 aromatic carbocycles. The van der Waals surface area contributed by atoms with Crippen molar-refractivity contribution in [2.24, 2.45) is 0 Å². The molecule has 0 amide bonds. The SMILES string of the molecule is CCN(CC)Cc1cncc(-c2ccc(Cl)cc2)c1. The normalized spacial score (nSPS) is 10.9. The molecule has 2 rings (SSSR count). The maximum Gasteiger partial charge on any atom is 0.0406 e. The third kappa shape index (κ3) is 3.79. The lowest BCUT2D eigenvalue weighted by molar-refractivity contribution is 0.295. The van der Waals surface area contributed by atoms with Crippen LogP contribution < -0.4 is 0 Å². The Bertz CT molecular complexity index is 519. The third-order valence-corrected chi connectivity index (χ3v) is 3.53. The van der Waals surface area contributed by atoms with Crippen LogP contribution in [-0.2, 0) is 6.54 Å². The first-order chi connectivity index (χ1) is 9.22. The summed E-state index contributed by atoms with van der Waals surface area (Å²) in [6.07, 6.45) is 3.84. The molecule has 1 heterocycles. The van der Waals surface area contributed by atoms with Gasteiger partial charge in [0.15, 0.2) is 0 Å². The predicted octanol–water partition coefficient (Wildman–Crippen LogP) is 4.24. The van der Waals surface area contributed by atoms with E-state index in [0.29, 0.717) is 0 Å². The van der Waals surface area contributed by atoms with Crippen LogP contribution in [0.15, 0.2) is 42.7 Å². The van der Waals surface area contributed by atoms with E-state index in [9.17, 15) is 0 Å². The Hall–Kier alpha value is -1.38. The van der Waals surface area contributed by atoms with Gasteiger partial charge in [0.2, 0.25) is 0 Å². The number of hydrogen-bond acceptors (Lipinski definition) is 2. The summed E-state index contributed by atoms with van der Waals surface area (Å²) in [6.45, 7) is 7.42. The Balaban J connectivity index is 2.21. The number of benzene rings is 1. The zero-order chi connectivity index (χ0) is 13.7. The topological polar surface area (TPSA) is 16.1 Å². The highest BCUT2D eigenvalue weighted by atomic mass is 35.5. The van der Waals surface area contributed by atoms with Crippen molar-refractivity contribution in [1.82, 2.24) is 9.88 Å². The van der Waals surface area contributed by atoms with Crippen molar-refractivity contribution in [2.75, 3.05) is 13.1 Å². The van der Waals surface area contributed by atoms with E-state index in [2.05, 4.69) is 29.8 Å². The molecule has 0 saturated carbocycles. The number of halogens is 1. The standard InChI is InChI=1S/C16H19ClN2/c1-3-19(4-2)12-13-9-15(11-18-10-13)14-5-7-16(17)8-6-14/h5-11H,3-4,12H2,1-2H3. The molecule has 0 saturated heterocycles. The average Bonchev–Trinajstić information content (AvgIpc) is 2.46. The summed E-state index contributed by atoms with van der Waals surface area (Å²) in [7, 11) is 0. The largest absolute Gasteiger partial charge is 0.300 e. The summed E-state index contributed by atoms with van der Waals surface area (Å²) >= 11 is 5.91. The van der Waals surface area contributed by atoms with Crippen LogP contribution in [-0.4, -0.2) is 23.0 Å². The molecule has 0 bridgehead atoms. The van der Waals surface area contributed by atoms with Gasteiger partial charge in [0.1, 0.15) is 0 Å². The molecule has 0 radical (unpaired) electrons. The van der Waals surface area contributed by atoms with Crippen molar-refractivity contribution in [1.29, 1.82) is 0 Å². The molecular weight excluding hydrogens is 256 g/mol. The van der Waals surface area contributed by atoms with Crippen LogP contribution in [0.3, 0.4) is 0 Å². The molecule has 0 aliphatic rings. The van der Waals surface area contributed by atoms with E-state index < -0.39 is 0 Å². The number of hydrogen-bond donors (Lipinski definition) is 0. The first kappa shape index (κ1) is 14.0. The van der Waals surface area contributed by atoms with Gasteiger partial charge in [0.25, 0.3) is 0 Å². The minimum Gasteiger partial charge on any atom is -0.300 e. The molecule has 0 aliphatic carbocycles. The smallest absolute Gasteiger partial charge is 0.0406 e. The lowest BCUT2D eigenvalue weighted by Gasteiger charge is -2.18. The molecule has 2 nitrogen and oxygen atoms in total. The second kappa shape index (κ2) is 6.69. The summed E-state index contributed by atoms with van der Waals surface area (Å²) in [6, 6.07) is 10.1. The molecule has 0 spiro atoms. The molecule has 0 aliphatic heterocycles. The van der Waals surface area contributed by atoms with Gasteiger partial charge in [-0.2, -0.15) is 0 Å². The molecule has 100 valence electrons. The van der Waals surface area contributed by atoms with Crippen LogP contribution >= 0.6 is 11.6 Å². The van der Waals surface area contributed by atoms with Gasteiger partial charge in [0.05, 0.1) is 0 Å². The van der Waals surface area contributed by atoms with E-state index in [1.807, 2.05) is 36.7 Å². The monoisotopic (exact) mass is 274 g/mol. The maximum atomic E-state index is 5.91. The maximum absolute atomic E-state index is 5.91. The Morgan fingerprint density at radius 2 is 1.68 bits per heavy atom. The second-order valence-corrected chi connectivity index (χ2v) is 4.99. The first-order valence-corrected chi connectivity index (χ1v) is 7.03. The van der Waals surface area contributed by atoms with E-state index in [4.69, 9.17) is 11.6 Å². The fourth-order valence-corrected chi connectivity index (χ4v) is 2.21. The molecule has 2 aromatic rings. The van der Waals surface area contributed by atoms with Crippen LogP contribution in [0.2, 0.25) is 5.02 Å². The molecule has 0 unspecified atom stereocenters. The molecule has 19 heavy (non-hydrogen) atoms. The zero-order valence-corrected chi connectivity index (χ0v) is 12.2. The summed E-state index contributed by atoms with van der Waals surface area (Å²) in [4.78, 5) is 6.72. The van der Waals surface area contributed by atoms with Gasteiger partial charge in [-0.15, -0.1) is 0 Å². The van der Waals surface area contributed by atoms with E-state index in [1.165, 1.54) is 5.56 Å². The van der Waals surface area contributed by atoms with Crippen molar-refractivity contribution in [3.63, 3.8) is 0 Å². The number of aromatic nitrogens is 1. The molecule has 0 fully saturated rings. The molecular formula is C16H19ClN2. The highest BCUT2D eigenvalue weighted by Gasteiger charge is 2.04. The van der Waals surface area contributed by atoms with E-state index in [1.54, 1.807) is 0 Å². The van der Waals surface area contributed by atoms with Crippen LogP contribution in [0, 0.1) is 0 Å². The summed E-state index contributed by atoms with van der Waals surface area (Å²) in [5.74, 6) is 0. The average molecular weight is 275 g/mol. The van der Waals surface area contributed by atoms with Crippen molar-refractivity contribution in [3.05, 3.63) is 53.3 Å². The molecule has 3 heteroatoms. The molecule has 1 aromatic heterocycles. The Labute approximate surface area is 120 Å². The van der Waals surface area contributed by atoms with Crippen molar-refractivity contribution < 1.29 is 0 Å². The predicted molar refractivity (Wildman–Crippen MR) is 81.3 cm³/mol. The number of rotatable bonds is 5. The summed E-state index contributed by atoms with van der Waals surface area (Å²) < 4.78 is 0. The zero-order valence-electron chi connectivity index (χ0n) is 11.4. The van der Waals surface area contributed by atoms with Crippen molar-refractivity contribution in [3.8, 4) is 11.1 Å². The highest BCUT2D eigenvalue weighted by molar-refractivity contribution is 6.30. The quantitative estimate of drug-likeness (QED) is 0.811. The fraction of sp³-hybridized carbons (Fsp3) is 0.312. The van der Waals surface area contributed by atoms with E-state index in [0.717, 1.165) is 35.8 Å². The first-order valence-electron chi connectivity index (χ1n) is 6.65. The summed E-state index contributed by atoms with van der Waals surface area (Å²) in [5, 5.41) is 0.760. The van der Waals surface area contributed by atoms with Crippen molar-refractivity contribution >= 4 is 11.6 Å². The van der Waals surface area contributed by atoms with Crippen molar-refractivity contribution in [2.45, 2.75) is 20.4 Å². The van der Waals surface area contributed by atoms with Gasteiger partial charge in [-0.1, -0.05) is 37.6 Å². The van der Waals surface area contributed by atoms with Gasteiger partial charge in [-0.25, -0.2) is 0 Å². The second-order valence-electron chi connectivity index (χ2n) is 4.55. The fourth-order valence-electron chi connectivity index (χ4n) is 2.08. The van der Waals surface area contributed by atoms with E-state index >= 15 is 0 Å². The Morgan fingerprint density at radius 1 is 1.00 bits per heavy atom. The van der Waals surface area contributed by atoms with Gasteiger partial charge in [-0.05, 0) is 42.4 Å². The van der Waals surface area contributed by atoms with Crippen LogP contribution in [0.5, 0.6) is 0 Å². The van der Waals surface area contributed by atoms with Crippen LogP contribution in [0.4, 0.5) is 0 Å². The number of pyridine rings is 1. The van der Waals surface area contributed by atoms with E-state index in [-0.39, 0.29) is 0 Å². The van der Waals surface area contributed by atoms with Crippen LogP contribution in [0.25, 0.3) is 11.1 Å². The van der Waals surface area contributed by atoms with Crippen LogP contribution in [0.1, 0.15) is 19.4 Å². The lowest BCUT2D eigenvalue weighted by atomic mass is 10.1. The minimum absolute atomic E-state index is 0.760. The van der Waals surface area contributed by atoms with Gasteiger partial charge >= 0.3 is 0 Å². The number of nitrogens with zero attached hydrogens (tertiary/aromatic N) is 2. The third-order valence-electron chi connectivity index (χ3n) is 3.27. The molecule has 0 N–H and O–H groups in total. The highest BCUT2D eigenvalue weighted by Crippen LogP contribution is 2.22.